The molecular formula is C18H18FNO4. The molecule has 0 aromatic heterocycles. The molecule has 6 heteroatoms. The third-order valence-electron chi connectivity index (χ3n) is 3.39. The minimum absolute atomic E-state index is 0.294. The van der Waals surface area contributed by atoms with E-state index in [1.54, 1.807) is 19.1 Å². The predicted octanol–water partition coefficient (Wildman–Crippen LogP) is 3.44. The fourth-order valence-corrected chi connectivity index (χ4v) is 2.08. The lowest BCUT2D eigenvalue weighted by molar-refractivity contribution is -0.122. The maximum absolute atomic E-state index is 12.9. The number of benzene rings is 2. The van der Waals surface area contributed by atoms with E-state index in [1.807, 2.05) is 0 Å². The minimum atomic E-state index is -0.790. The molecule has 0 aliphatic rings. The van der Waals surface area contributed by atoms with Crippen molar-refractivity contribution in [2.75, 3.05) is 12.4 Å². The molecule has 5 nitrogen and oxygen atoms in total. The van der Waals surface area contributed by atoms with Crippen molar-refractivity contribution in [1.29, 1.82) is 0 Å². The summed E-state index contributed by atoms with van der Waals surface area (Å²) in [7, 11) is 1.50. The number of nitrogens with one attached hydrogen (secondary N) is 1. The summed E-state index contributed by atoms with van der Waals surface area (Å²) in [5.74, 6) is 0.0575. The summed E-state index contributed by atoms with van der Waals surface area (Å²) in [6.07, 6.45) is 0.252. The van der Waals surface area contributed by atoms with Crippen LogP contribution in [0.5, 0.6) is 11.5 Å². The Hall–Kier alpha value is -2.89. The Bertz CT molecular complexity index is 715. The summed E-state index contributed by atoms with van der Waals surface area (Å²) in [6, 6.07) is 10.2. The Balaban J connectivity index is 2.12. The normalized spacial score (nSPS) is 11.5. The summed E-state index contributed by atoms with van der Waals surface area (Å²) < 4.78 is 23.6. The molecule has 1 amide bonds. The third-order valence-corrected chi connectivity index (χ3v) is 3.39. The fraction of sp³-hybridized carbons (Fsp3) is 0.222. The molecule has 0 spiro atoms. The van der Waals surface area contributed by atoms with Crippen LogP contribution in [-0.4, -0.2) is 25.4 Å². The number of carbonyl (C=O) groups is 2. The van der Waals surface area contributed by atoms with Gasteiger partial charge in [-0.05, 0) is 48.9 Å². The SMILES string of the molecule is CCC(Oc1ccc(OC)cc1C=O)C(=O)Nc1ccc(F)cc1. The Morgan fingerprint density at radius 1 is 1.25 bits per heavy atom. The fourth-order valence-electron chi connectivity index (χ4n) is 2.08. The lowest BCUT2D eigenvalue weighted by atomic mass is 10.2. The Labute approximate surface area is 139 Å². The molecular weight excluding hydrogens is 313 g/mol. The van der Waals surface area contributed by atoms with Gasteiger partial charge < -0.3 is 14.8 Å². The maximum Gasteiger partial charge on any atom is 0.265 e. The van der Waals surface area contributed by atoms with Gasteiger partial charge in [0.05, 0.1) is 12.7 Å². The van der Waals surface area contributed by atoms with Gasteiger partial charge in [0.15, 0.2) is 12.4 Å². The number of ether oxygens (including phenoxy) is 2. The number of rotatable bonds is 7. The lowest BCUT2D eigenvalue weighted by Crippen LogP contribution is -2.32. The van der Waals surface area contributed by atoms with Crippen LogP contribution in [0.1, 0.15) is 23.7 Å². The number of methoxy groups -OCH3 is 1. The molecule has 1 atom stereocenters. The molecule has 0 radical (unpaired) electrons. The standard InChI is InChI=1S/C18H18FNO4/c1-3-16(18(22)20-14-6-4-13(19)5-7-14)24-17-9-8-15(23-2)10-12(17)11-21/h4-11,16H,3H2,1-2H3,(H,20,22). The smallest absolute Gasteiger partial charge is 0.265 e. The minimum Gasteiger partial charge on any atom is -0.497 e. The average Bonchev–Trinajstić information content (AvgIpc) is 2.61. The van der Waals surface area contributed by atoms with Gasteiger partial charge in [-0.1, -0.05) is 6.92 Å². The summed E-state index contributed by atoms with van der Waals surface area (Å²) in [4.78, 5) is 23.5. The molecule has 126 valence electrons. The van der Waals surface area contributed by atoms with E-state index in [2.05, 4.69) is 5.32 Å². The van der Waals surface area contributed by atoms with Gasteiger partial charge in [0.25, 0.3) is 5.91 Å². The second kappa shape index (κ2) is 8.10. The highest BCUT2D eigenvalue weighted by atomic mass is 19.1. The summed E-state index contributed by atoms with van der Waals surface area (Å²) in [5.41, 5.74) is 0.760. The van der Waals surface area contributed by atoms with E-state index in [-0.39, 0.29) is 11.7 Å². The molecule has 0 saturated carbocycles. The van der Waals surface area contributed by atoms with Gasteiger partial charge in [-0.15, -0.1) is 0 Å². The topological polar surface area (TPSA) is 64.6 Å². The second-order valence-corrected chi connectivity index (χ2v) is 5.03. The van der Waals surface area contributed by atoms with Crippen molar-refractivity contribution in [2.24, 2.45) is 0 Å². The summed E-state index contributed by atoms with van der Waals surface area (Å²) in [6.45, 7) is 1.79. The highest BCUT2D eigenvalue weighted by molar-refractivity contribution is 5.94. The molecule has 2 rings (SSSR count). The largest absolute Gasteiger partial charge is 0.497 e. The van der Waals surface area contributed by atoms with Crippen molar-refractivity contribution >= 4 is 17.9 Å². The molecule has 0 bridgehead atoms. The van der Waals surface area contributed by atoms with Crippen molar-refractivity contribution in [1.82, 2.24) is 0 Å². The van der Waals surface area contributed by atoms with Crippen molar-refractivity contribution in [3.63, 3.8) is 0 Å². The summed E-state index contributed by atoms with van der Waals surface area (Å²) >= 11 is 0. The van der Waals surface area contributed by atoms with Crippen LogP contribution in [0.2, 0.25) is 0 Å². The highest BCUT2D eigenvalue weighted by Gasteiger charge is 2.20. The molecule has 0 fully saturated rings. The zero-order valence-electron chi connectivity index (χ0n) is 13.4. The monoisotopic (exact) mass is 331 g/mol. The van der Waals surface area contributed by atoms with Gasteiger partial charge in [-0.2, -0.15) is 0 Å². The first-order chi connectivity index (χ1) is 11.6. The van der Waals surface area contributed by atoms with E-state index in [9.17, 15) is 14.0 Å². The van der Waals surface area contributed by atoms with E-state index in [4.69, 9.17) is 9.47 Å². The van der Waals surface area contributed by atoms with Crippen LogP contribution < -0.4 is 14.8 Å². The Morgan fingerprint density at radius 3 is 2.54 bits per heavy atom. The highest BCUT2D eigenvalue weighted by Crippen LogP contribution is 2.24. The van der Waals surface area contributed by atoms with Crippen molar-refractivity contribution in [3.8, 4) is 11.5 Å². The van der Waals surface area contributed by atoms with E-state index in [1.165, 1.54) is 37.4 Å². The van der Waals surface area contributed by atoms with Gasteiger partial charge in [-0.3, -0.25) is 9.59 Å². The number of hydrogen-bond donors (Lipinski definition) is 1. The van der Waals surface area contributed by atoms with Gasteiger partial charge in [0.2, 0.25) is 0 Å². The van der Waals surface area contributed by atoms with Crippen LogP contribution in [0.25, 0.3) is 0 Å². The molecule has 0 aliphatic carbocycles. The predicted molar refractivity (Wildman–Crippen MR) is 88.1 cm³/mol. The third kappa shape index (κ3) is 4.32. The van der Waals surface area contributed by atoms with Gasteiger partial charge in [-0.25, -0.2) is 4.39 Å². The van der Waals surface area contributed by atoms with E-state index >= 15 is 0 Å². The van der Waals surface area contributed by atoms with Crippen LogP contribution in [0.15, 0.2) is 42.5 Å². The summed E-state index contributed by atoms with van der Waals surface area (Å²) in [5, 5.41) is 2.66. The van der Waals surface area contributed by atoms with Gasteiger partial charge in [0, 0.05) is 5.69 Å². The van der Waals surface area contributed by atoms with E-state index < -0.39 is 6.10 Å². The molecule has 2 aromatic carbocycles. The first-order valence-electron chi connectivity index (χ1n) is 7.43. The zero-order chi connectivity index (χ0) is 17.5. The molecule has 0 saturated heterocycles. The van der Waals surface area contributed by atoms with Gasteiger partial charge >= 0.3 is 0 Å². The number of carbonyl (C=O) groups excluding carboxylic acids is 2. The number of hydrogen-bond acceptors (Lipinski definition) is 4. The van der Waals surface area contributed by atoms with Crippen molar-refractivity contribution in [3.05, 3.63) is 53.8 Å². The Kier molecular flexibility index (Phi) is 5.89. The Morgan fingerprint density at radius 2 is 1.96 bits per heavy atom. The molecule has 0 heterocycles. The molecule has 0 aliphatic heterocycles. The second-order valence-electron chi connectivity index (χ2n) is 5.03. The van der Waals surface area contributed by atoms with Crippen LogP contribution in [0.3, 0.4) is 0 Å². The first kappa shape index (κ1) is 17.5. The quantitative estimate of drug-likeness (QED) is 0.789. The van der Waals surface area contributed by atoms with Crippen LogP contribution >= 0.6 is 0 Å². The number of anilines is 1. The van der Waals surface area contributed by atoms with E-state index in [0.717, 1.165) is 0 Å². The molecule has 24 heavy (non-hydrogen) atoms. The molecule has 1 unspecified atom stereocenters. The van der Waals surface area contributed by atoms with Crippen molar-refractivity contribution in [2.45, 2.75) is 19.4 Å². The van der Waals surface area contributed by atoms with Crippen LogP contribution in [-0.2, 0) is 4.79 Å². The van der Waals surface area contributed by atoms with Crippen LogP contribution in [0.4, 0.5) is 10.1 Å². The van der Waals surface area contributed by atoms with Gasteiger partial charge in [0.1, 0.15) is 17.3 Å². The zero-order valence-corrected chi connectivity index (χ0v) is 13.4. The maximum atomic E-state index is 12.9. The molecule has 2 aromatic rings. The van der Waals surface area contributed by atoms with Crippen molar-refractivity contribution < 1.29 is 23.5 Å². The number of amides is 1. The first-order valence-corrected chi connectivity index (χ1v) is 7.43. The van der Waals surface area contributed by atoms with Crippen LogP contribution in [0, 0.1) is 5.82 Å². The number of aldehydes is 1. The lowest BCUT2D eigenvalue weighted by Gasteiger charge is -2.18. The average molecular weight is 331 g/mol. The molecule has 1 N–H and O–H groups in total. The number of halogens is 1. The van der Waals surface area contributed by atoms with E-state index in [0.29, 0.717) is 35.5 Å².